The number of halogens is 1. The third-order valence-electron chi connectivity index (χ3n) is 2.56. The molecule has 1 aromatic carbocycles. The number of nitrogens with zero attached hydrogens (tertiary/aromatic N) is 1. The van der Waals surface area contributed by atoms with E-state index in [1.807, 2.05) is 18.2 Å². The van der Waals surface area contributed by atoms with Crippen LogP contribution in [0.1, 0.15) is 10.4 Å². The van der Waals surface area contributed by atoms with Crippen LogP contribution in [-0.4, -0.2) is 16.1 Å². The monoisotopic (exact) mass is 305 g/mol. The fourth-order valence-electron chi connectivity index (χ4n) is 1.67. The molecule has 0 aliphatic heterocycles. The van der Waals surface area contributed by atoms with Crippen LogP contribution in [0, 0.1) is 0 Å². The summed E-state index contributed by atoms with van der Waals surface area (Å²) < 4.78 is 5.44. The molecule has 90 valence electrons. The number of aromatic amines is 1. The minimum absolute atomic E-state index is 0.224. The van der Waals surface area contributed by atoms with Crippen molar-refractivity contribution < 1.29 is 9.21 Å². The summed E-state index contributed by atoms with van der Waals surface area (Å²) in [5, 5.41) is 10.5. The molecule has 0 aliphatic carbocycles. The van der Waals surface area contributed by atoms with E-state index in [1.54, 1.807) is 12.3 Å². The molecule has 0 radical (unpaired) electrons. The highest BCUT2D eigenvalue weighted by Crippen LogP contribution is 2.21. The minimum atomic E-state index is -0.224. The van der Waals surface area contributed by atoms with Crippen molar-refractivity contribution in [1.29, 1.82) is 0 Å². The maximum absolute atomic E-state index is 11.9. The van der Waals surface area contributed by atoms with E-state index in [2.05, 4.69) is 31.4 Å². The predicted octanol–water partition coefficient (Wildman–Crippen LogP) is 3.17. The zero-order valence-electron chi connectivity index (χ0n) is 9.11. The average Bonchev–Trinajstić information content (AvgIpc) is 2.96. The van der Waals surface area contributed by atoms with Crippen molar-refractivity contribution in [1.82, 2.24) is 10.2 Å². The lowest BCUT2D eigenvalue weighted by Crippen LogP contribution is -2.11. The summed E-state index contributed by atoms with van der Waals surface area (Å²) >= 11 is 3.17. The Morgan fingerprint density at radius 1 is 1.39 bits per heavy atom. The number of anilines is 1. The van der Waals surface area contributed by atoms with E-state index >= 15 is 0 Å². The van der Waals surface area contributed by atoms with E-state index in [1.165, 1.54) is 6.26 Å². The van der Waals surface area contributed by atoms with Gasteiger partial charge in [0.15, 0.2) is 4.67 Å². The smallest absolute Gasteiger partial charge is 0.260 e. The maximum Gasteiger partial charge on any atom is 0.260 e. The molecule has 0 saturated heterocycles. The number of furan rings is 1. The van der Waals surface area contributed by atoms with Crippen LogP contribution in [0.2, 0.25) is 0 Å². The van der Waals surface area contributed by atoms with Crippen LogP contribution in [0.25, 0.3) is 10.9 Å². The van der Waals surface area contributed by atoms with Gasteiger partial charge in [0, 0.05) is 11.1 Å². The third-order valence-corrected chi connectivity index (χ3v) is 3.17. The summed E-state index contributed by atoms with van der Waals surface area (Å²) in [6, 6.07) is 7.13. The first-order chi connectivity index (χ1) is 8.74. The van der Waals surface area contributed by atoms with Crippen LogP contribution in [0.15, 0.2) is 45.8 Å². The molecule has 2 aromatic heterocycles. The Kier molecular flexibility index (Phi) is 2.64. The number of H-pyrrole nitrogens is 1. The summed E-state index contributed by atoms with van der Waals surface area (Å²) in [6.45, 7) is 0. The molecule has 0 atom stereocenters. The fraction of sp³-hybridized carbons (Fsp3) is 0. The van der Waals surface area contributed by atoms with Gasteiger partial charge in [-0.3, -0.25) is 9.89 Å². The van der Waals surface area contributed by atoms with E-state index in [0.29, 0.717) is 15.9 Å². The number of amides is 1. The van der Waals surface area contributed by atoms with Crippen molar-refractivity contribution in [2.45, 2.75) is 0 Å². The number of hydrogen-bond acceptors (Lipinski definition) is 3. The van der Waals surface area contributed by atoms with Crippen LogP contribution in [-0.2, 0) is 0 Å². The highest BCUT2D eigenvalue weighted by molar-refractivity contribution is 9.10. The highest BCUT2D eigenvalue weighted by atomic mass is 79.9. The van der Waals surface area contributed by atoms with Gasteiger partial charge < -0.3 is 9.73 Å². The lowest BCUT2D eigenvalue weighted by atomic mass is 10.2. The molecule has 5 nitrogen and oxygen atoms in total. The lowest BCUT2D eigenvalue weighted by molar-refractivity contribution is 0.102. The van der Waals surface area contributed by atoms with Gasteiger partial charge in [-0.1, -0.05) is 0 Å². The van der Waals surface area contributed by atoms with Crippen molar-refractivity contribution in [2.75, 3.05) is 5.32 Å². The topological polar surface area (TPSA) is 70.9 Å². The molecular formula is C12H8BrN3O2. The van der Waals surface area contributed by atoms with Gasteiger partial charge in [0.2, 0.25) is 0 Å². The molecular weight excluding hydrogens is 298 g/mol. The number of benzene rings is 1. The summed E-state index contributed by atoms with van der Waals surface area (Å²) in [5.41, 5.74) is 2.10. The van der Waals surface area contributed by atoms with Gasteiger partial charge in [0.25, 0.3) is 5.91 Å². The summed E-state index contributed by atoms with van der Waals surface area (Å²) in [7, 11) is 0. The molecule has 1 amide bonds. The molecule has 2 N–H and O–H groups in total. The largest absolute Gasteiger partial charge is 0.457 e. The molecule has 2 heterocycles. The van der Waals surface area contributed by atoms with Gasteiger partial charge in [-0.05, 0) is 40.2 Å². The van der Waals surface area contributed by atoms with E-state index in [9.17, 15) is 4.79 Å². The van der Waals surface area contributed by atoms with Crippen molar-refractivity contribution in [3.63, 3.8) is 0 Å². The van der Waals surface area contributed by atoms with Crippen molar-refractivity contribution in [3.05, 3.63) is 47.0 Å². The molecule has 0 saturated carbocycles. The molecule has 0 fully saturated rings. The second-order valence-electron chi connectivity index (χ2n) is 3.73. The van der Waals surface area contributed by atoms with Crippen molar-refractivity contribution in [2.24, 2.45) is 0 Å². The van der Waals surface area contributed by atoms with Crippen LogP contribution in [0.4, 0.5) is 5.69 Å². The molecule has 0 bridgehead atoms. The SMILES string of the molecule is O=C(Nc1ccc2[nH]ncc2c1)c1ccoc1Br. The van der Waals surface area contributed by atoms with Crippen LogP contribution >= 0.6 is 15.9 Å². The van der Waals surface area contributed by atoms with Gasteiger partial charge in [0.1, 0.15) is 0 Å². The number of nitrogens with one attached hydrogen (secondary N) is 2. The normalized spacial score (nSPS) is 10.7. The molecule has 0 aliphatic rings. The first-order valence-corrected chi connectivity index (χ1v) is 6.01. The standard InChI is InChI=1S/C12H8BrN3O2/c13-11-9(3-4-18-11)12(17)15-8-1-2-10-7(5-8)6-14-16-10/h1-6H,(H,14,16)(H,15,17). The molecule has 6 heteroatoms. The van der Waals surface area contributed by atoms with Crippen LogP contribution in [0.3, 0.4) is 0 Å². The molecule has 0 spiro atoms. The zero-order valence-corrected chi connectivity index (χ0v) is 10.7. The predicted molar refractivity (Wildman–Crippen MR) is 70.5 cm³/mol. The highest BCUT2D eigenvalue weighted by Gasteiger charge is 2.12. The Morgan fingerprint density at radius 3 is 3.06 bits per heavy atom. The Bertz CT molecular complexity index is 717. The van der Waals surface area contributed by atoms with Crippen LogP contribution < -0.4 is 5.32 Å². The Morgan fingerprint density at radius 2 is 2.28 bits per heavy atom. The Balaban J connectivity index is 1.88. The summed E-state index contributed by atoms with van der Waals surface area (Å²) in [5.74, 6) is -0.224. The van der Waals surface area contributed by atoms with Gasteiger partial charge in [-0.15, -0.1) is 0 Å². The van der Waals surface area contributed by atoms with Crippen molar-refractivity contribution in [3.8, 4) is 0 Å². The number of hydrogen-bond donors (Lipinski definition) is 2. The molecule has 18 heavy (non-hydrogen) atoms. The van der Waals surface area contributed by atoms with Gasteiger partial charge in [0.05, 0.1) is 23.5 Å². The van der Waals surface area contributed by atoms with Crippen LogP contribution in [0.5, 0.6) is 0 Å². The van der Waals surface area contributed by atoms with Gasteiger partial charge in [-0.25, -0.2) is 0 Å². The van der Waals surface area contributed by atoms with Gasteiger partial charge >= 0.3 is 0 Å². The minimum Gasteiger partial charge on any atom is -0.457 e. The van der Waals surface area contributed by atoms with E-state index in [0.717, 1.165) is 10.9 Å². The summed E-state index contributed by atoms with van der Waals surface area (Å²) in [4.78, 5) is 11.9. The molecule has 3 rings (SSSR count). The second kappa shape index (κ2) is 4.30. The van der Waals surface area contributed by atoms with Gasteiger partial charge in [-0.2, -0.15) is 5.10 Å². The number of rotatable bonds is 2. The summed E-state index contributed by atoms with van der Waals surface area (Å²) in [6.07, 6.45) is 3.16. The molecule has 0 unspecified atom stereocenters. The van der Waals surface area contributed by atoms with E-state index in [4.69, 9.17) is 4.42 Å². The average molecular weight is 306 g/mol. The first kappa shape index (κ1) is 11.0. The third kappa shape index (κ3) is 1.91. The quantitative estimate of drug-likeness (QED) is 0.764. The van der Waals surface area contributed by atoms with Crippen molar-refractivity contribution >= 4 is 38.4 Å². The number of fused-ring (bicyclic) bond motifs is 1. The second-order valence-corrected chi connectivity index (χ2v) is 4.45. The van der Waals surface area contributed by atoms with E-state index < -0.39 is 0 Å². The zero-order chi connectivity index (χ0) is 12.5. The number of carbonyl (C=O) groups excluding carboxylic acids is 1. The Hall–Kier alpha value is -2.08. The fourth-order valence-corrected chi connectivity index (χ4v) is 2.09. The Labute approximate surface area is 110 Å². The number of carbonyl (C=O) groups is 1. The lowest BCUT2D eigenvalue weighted by Gasteiger charge is -2.03. The first-order valence-electron chi connectivity index (χ1n) is 5.21. The van der Waals surface area contributed by atoms with E-state index in [-0.39, 0.29) is 5.91 Å². The number of aromatic nitrogens is 2. The molecule has 3 aromatic rings. The maximum atomic E-state index is 11.9.